The molecule has 1 fully saturated rings. The molecule has 20 heavy (non-hydrogen) atoms. The number of rotatable bonds is 3. The van der Waals surface area contributed by atoms with Crippen LogP contribution in [0.15, 0.2) is 24.3 Å². The summed E-state index contributed by atoms with van der Waals surface area (Å²) >= 11 is 1.93. The molecule has 2 rings (SSSR count). The van der Waals surface area contributed by atoms with E-state index in [0.29, 0.717) is 11.4 Å². The van der Waals surface area contributed by atoms with Crippen molar-refractivity contribution >= 4 is 35.1 Å². The molecule has 1 aromatic carbocycles. The number of nitrogens with one attached hydrogen (secondary N) is 3. The Morgan fingerprint density at radius 2 is 1.80 bits per heavy atom. The van der Waals surface area contributed by atoms with Gasteiger partial charge in [0.1, 0.15) is 0 Å². The number of benzene rings is 1. The summed E-state index contributed by atoms with van der Waals surface area (Å²) in [6.07, 6.45) is 2.04. The van der Waals surface area contributed by atoms with E-state index in [2.05, 4.69) is 16.0 Å². The van der Waals surface area contributed by atoms with Gasteiger partial charge in [0.05, 0.1) is 0 Å². The minimum Gasteiger partial charge on any atom is -0.335 e. The Kier molecular flexibility index (Phi) is 5.29. The van der Waals surface area contributed by atoms with Crippen molar-refractivity contribution in [1.82, 2.24) is 5.32 Å². The summed E-state index contributed by atoms with van der Waals surface area (Å²) in [5, 5.41) is 8.46. The van der Waals surface area contributed by atoms with Crippen LogP contribution < -0.4 is 16.0 Å². The molecule has 0 aromatic heterocycles. The first-order valence-electron chi connectivity index (χ1n) is 6.66. The zero-order chi connectivity index (χ0) is 14.4. The molecule has 1 saturated heterocycles. The van der Waals surface area contributed by atoms with Crippen molar-refractivity contribution in [1.29, 1.82) is 0 Å². The summed E-state index contributed by atoms with van der Waals surface area (Å²) in [4.78, 5) is 22.9. The van der Waals surface area contributed by atoms with Crippen LogP contribution in [0.5, 0.6) is 0 Å². The van der Waals surface area contributed by atoms with Crippen LogP contribution in [0.2, 0.25) is 0 Å². The largest absolute Gasteiger partial charge is 0.335 e. The number of hydrogen-bond donors (Lipinski definition) is 3. The third-order valence-corrected chi connectivity index (χ3v) is 4.05. The smallest absolute Gasteiger partial charge is 0.319 e. The molecule has 0 atom stereocenters. The predicted molar refractivity (Wildman–Crippen MR) is 83.2 cm³/mol. The van der Waals surface area contributed by atoms with Gasteiger partial charge in [-0.15, -0.1) is 0 Å². The molecule has 1 aliphatic rings. The molecule has 0 bridgehead atoms. The van der Waals surface area contributed by atoms with Crippen LogP contribution in [0.3, 0.4) is 0 Å². The summed E-state index contributed by atoms with van der Waals surface area (Å²) in [7, 11) is 0. The zero-order valence-electron chi connectivity index (χ0n) is 11.4. The summed E-state index contributed by atoms with van der Waals surface area (Å²) in [6.45, 7) is 1.45. The van der Waals surface area contributed by atoms with Gasteiger partial charge in [0.15, 0.2) is 0 Å². The Morgan fingerprint density at radius 1 is 1.15 bits per heavy atom. The van der Waals surface area contributed by atoms with Gasteiger partial charge in [0.25, 0.3) is 0 Å². The SMILES string of the molecule is CC(=O)Nc1cccc(NC(=O)NC2CCSCC2)c1. The van der Waals surface area contributed by atoms with Crippen molar-refractivity contribution < 1.29 is 9.59 Å². The summed E-state index contributed by atoms with van der Waals surface area (Å²) < 4.78 is 0. The van der Waals surface area contributed by atoms with Crippen LogP contribution in [-0.2, 0) is 4.79 Å². The maximum atomic E-state index is 11.9. The predicted octanol–water partition coefficient (Wildman–Crippen LogP) is 2.66. The number of carbonyl (C=O) groups is 2. The molecular formula is C14H19N3O2S. The molecule has 1 aliphatic heterocycles. The normalized spacial score (nSPS) is 15.4. The zero-order valence-corrected chi connectivity index (χ0v) is 12.3. The average Bonchev–Trinajstić information content (AvgIpc) is 2.39. The van der Waals surface area contributed by atoms with Gasteiger partial charge in [-0.25, -0.2) is 4.79 Å². The highest BCUT2D eigenvalue weighted by molar-refractivity contribution is 7.99. The molecule has 108 valence electrons. The van der Waals surface area contributed by atoms with Crippen LogP contribution in [0.4, 0.5) is 16.2 Å². The lowest BCUT2D eigenvalue weighted by atomic mass is 10.2. The van der Waals surface area contributed by atoms with Gasteiger partial charge in [-0.05, 0) is 42.5 Å². The van der Waals surface area contributed by atoms with E-state index in [1.165, 1.54) is 6.92 Å². The Balaban J connectivity index is 1.88. The number of hydrogen-bond acceptors (Lipinski definition) is 3. The van der Waals surface area contributed by atoms with Crippen molar-refractivity contribution in [3.8, 4) is 0 Å². The van der Waals surface area contributed by atoms with E-state index in [-0.39, 0.29) is 18.0 Å². The fraction of sp³-hybridized carbons (Fsp3) is 0.429. The lowest BCUT2D eigenvalue weighted by molar-refractivity contribution is -0.114. The quantitative estimate of drug-likeness (QED) is 0.802. The molecule has 0 radical (unpaired) electrons. The van der Waals surface area contributed by atoms with Gasteiger partial charge in [-0.3, -0.25) is 4.79 Å². The highest BCUT2D eigenvalue weighted by atomic mass is 32.2. The topological polar surface area (TPSA) is 70.2 Å². The van der Waals surface area contributed by atoms with E-state index in [9.17, 15) is 9.59 Å². The second kappa shape index (κ2) is 7.19. The Labute approximate surface area is 122 Å². The molecule has 3 amide bonds. The van der Waals surface area contributed by atoms with E-state index < -0.39 is 0 Å². The van der Waals surface area contributed by atoms with Crippen LogP contribution in [0.25, 0.3) is 0 Å². The van der Waals surface area contributed by atoms with E-state index in [0.717, 1.165) is 24.3 Å². The minimum atomic E-state index is -0.193. The first-order chi connectivity index (χ1) is 9.63. The molecule has 0 saturated carbocycles. The van der Waals surface area contributed by atoms with Crippen molar-refractivity contribution in [2.45, 2.75) is 25.8 Å². The summed E-state index contributed by atoms with van der Waals surface area (Å²) in [5.41, 5.74) is 1.34. The van der Waals surface area contributed by atoms with Gasteiger partial charge in [0.2, 0.25) is 5.91 Å². The third kappa shape index (κ3) is 4.77. The van der Waals surface area contributed by atoms with E-state index in [4.69, 9.17) is 0 Å². The van der Waals surface area contributed by atoms with Crippen molar-refractivity contribution in [2.75, 3.05) is 22.1 Å². The average molecular weight is 293 g/mol. The number of amides is 3. The van der Waals surface area contributed by atoms with Gasteiger partial charge in [-0.2, -0.15) is 11.8 Å². The second-order valence-corrected chi connectivity index (χ2v) is 5.97. The van der Waals surface area contributed by atoms with Crippen LogP contribution in [-0.4, -0.2) is 29.5 Å². The molecule has 3 N–H and O–H groups in total. The third-order valence-electron chi connectivity index (χ3n) is 3.00. The summed E-state index contributed by atoms with van der Waals surface area (Å²) in [5.74, 6) is 2.07. The molecular weight excluding hydrogens is 274 g/mol. The number of urea groups is 1. The lowest BCUT2D eigenvalue weighted by Gasteiger charge is -2.22. The van der Waals surface area contributed by atoms with Gasteiger partial charge in [-0.1, -0.05) is 6.07 Å². The Morgan fingerprint density at radius 3 is 2.45 bits per heavy atom. The standard InChI is InChI=1S/C14H19N3O2S/c1-10(18)15-12-3-2-4-13(9-12)17-14(19)16-11-5-7-20-8-6-11/h2-4,9,11H,5-8H2,1H3,(H,15,18)(H2,16,17,19). The van der Waals surface area contributed by atoms with Crippen molar-refractivity contribution in [3.63, 3.8) is 0 Å². The van der Waals surface area contributed by atoms with E-state index in [1.807, 2.05) is 11.8 Å². The van der Waals surface area contributed by atoms with Gasteiger partial charge >= 0.3 is 6.03 Å². The number of carbonyl (C=O) groups excluding carboxylic acids is 2. The first-order valence-corrected chi connectivity index (χ1v) is 7.82. The van der Waals surface area contributed by atoms with Gasteiger partial charge in [0, 0.05) is 24.3 Å². The monoisotopic (exact) mass is 293 g/mol. The molecule has 1 aromatic rings. The Bertz CT molecular complexity index is 487. The molecule has 0 spiro atoms. The first kappa shape index (κ1) is 14.7. The fourth-order valence-electron chi connectivity index (χ4n) is 2.07. The molecule has 0 aliphatic carbocycles. The molecule has 1 heterocycles. The maximum Gasteiger partial charge on any atom is 0.319 e. The number of thioether (sulfide) groups is 1. The van der Waals surface area contributed by atoms with E-state index >= 15 is 0 Å². The highest BCUT2D eigenvalue weighted by Gasteiger charge is 2.15. The molecule has 6 heteroatoms. The Hall–Kier alpha value is -1.69. The van der Waals surface area contributed by atoms with Crippen LogP contribution in [0, 0.1) is 0 Å². The van der Waals surface area contributed by atoms with E-state index in [1.54, 1.807) is 24.3 Å². The number of anilines is 2. The van der Waals surface area contributed by atoms with Crippen LogP contribution >= 0.6 is 11.8 Å². The lowest BCUT2D eigenvalue weighted by Crippen LogP contribution is -2.39. The van der Waals surface area contributed by atoms with Crippen molar-refractivity contribution in [3.05, 3.63) is 24.3 Å². The van der Waals surface area contributed by atoms with Crippen molar-refractivity contribution in [2.24, 2.45) is 0 Å². The summed E-state index contributed by atoms with van der Waals surface area (Å²) in [6, 6.07) is 7.16. The maximum absolute atomic E-state index is 11.9. The molecule has 0 unspecified atom stereocenters. The highest BCUT2D eigenvalue weighted by Crippen LogP contribution is 2.18. The van der Waals surface area contributed by atoms with Crippen LogP contribution in [0.1, 0.15) is 19.8 Å². The second-order valence-electron chi connectivity index (χ2n) is 4.75. The minimum absolute atomic E-state index is 0.133. The molecule has 5 nitrogen and oxygen atoms in total. The fourth-order valence-corrected chi connectivity index (χ4v) is 3.18. The van der Waals surface area contributed by atoms with Gasteiger partial charge < -0.3 is 16.0 Å².